The Labute approximate surface area is 426 Å². The lowest BCUT2D eigenvalue weighted by Gasteiger charge is -2.29. The lowest BCUT2D eigenvalue weighted by molar-refractivity contribution is -0.870. The van der Waals surface area contributed by atoms with Crippen molar-refractivity contribution in [3.05, 3.63) is 97.2 Å². The number of carbonyl (C=O) groups excluding carboxylic acids is 1. The molecule has 0 saturated carbocycles. The van der Waals surface area contributed by atoms with Crippen LogP contribution in [0.25, 0.3) is 0 Å². The Morgan fingerprint density at radius 2 is 0.899 bits per heavy atom. The van der Waals surface area contributed by atoms with Crippen molar-refractivity contribution >= 4 is 13.7 Å². The number of phosphoric ester groups is 1. The smallest absolute Gasteiger partial charge is 0.268 e. The van der Waals surface area contributed by atoms with Gasteiger partial charge in [0.2, 0.25) is 5.91 Å². The van der Waals surface area contributed by atoms with Crippen LogP contribution in [-0.4, -0.2) is 68.5 Å². The zero-order valence-corrected chi connectivity index (χ0v) is 46.1. The summed E-state index contributed by atoms with van der Waals surface area (Å²) in [6, 6.07) is -0.971. The highest BCUT2D eigenvalue weighted by Gasteiger charge is 2.23. The third kappa shape index (κ3) is 53.1. The number of allylic oxidation sites excluding steroid dienone is 14. The van der Waals surface area contributed by atoms with E-state index in [0.29, 0.717) is 23.9 Å². The Hall–Kier alpha value is -2.58. The SMILES string of the molecule is CC/C=C\C/C=C\C/C=C\C/C=C\C/C=C\CC(=O)NC(COP(=O)([O-])OCC[N+](C)(C)C)C(O)/C=C/CC/C=C/CC/C=C/CCCCCCCCCCCCCCCCCCCCCCCC. The monoisotopic (exact) mass is 983 g/mol. The Morgan fingerprint density at radius 1 is 0.522 bits per heavy atom. The maximum atomic E-state index is 12.8. The van der Waals surface area contributed by atoms with Crippen LogP contribution in [0.3, 0.4) is 0 Å². The zero-order chi connectivity index (χ0) is 50.6. The first kappa shape index (κ1) is 66.4. The predicted molar refractivity (Wildman–Crippen MR) is 297 cm³/mol. The van der Waals surface area contributed by atoms with E-state index in [0.717, 1.165) is 44.9 Å². The van der Waals surface area contributed by atoms with Crippen molar-refractivity contribution in [1.29, 1.82) is 0 Å². The van der Waals surface area contributed by atoms with Gasteiger partial charge in [0.1, 0.15) is 13.2 Å². The predicted octanol–water partition coefficient (Wildman–Crippen LogP) is 16.4. The first-order valence-electron chi connectivity index (χ1n) is 28.1. The van der Waals surface area contributed by atoms with Crippen molar-refractivity contribution in [3.8, 4) is 0 Å². The first-order chi connectivity index (χ1) is 33.5. The Kier molecular flexibility index (Phi) is 48.5. The lowest BCUT2D eigenvalue weighted by atomic mass is 10.0. The molecular formula is C60H107N2O6P. The van der Waals surface area contributed by atoms with Crippen molar-refractivity contribution in [2.75, 3.05) is 40.9 Å². The Morgan fingerprint density at radius 3 is 1.32 bits per heavy atom. The van der Waals surface area contributed by atoms with Gasteiger partial charge in [-0.15, -0.1) is 0 Å². The number of nitrogens with zero attached hydrogens (tertiary/aromatic N) is 1. The van der Waals surface area contributed by atoms with Gasteiger partial charge >= 0.3 is 0 Å². The molecule has 0 aliphatic rings. The second-order valence-corrected chi connectivity index (χ2v) is 21.3. The number of likely N-dealkylation sites (N-methyl/N-ethyl adjacent to an activating group) is 1. The van der Waals surface area contributed by atoms with Crippen LogP contribution in [0.5, 0.6) is 0 Å². The van der Waals surface area contributed by atoms with Crippen molar-refractivity contribution in [3.63, 3.8) is 0 Å². The Bertz CT molecular complexity index is 1440. The van der Waals surface area contributed by atoms with Gasteiger partial charge in [-0.1, -0.05) is 246 Å². The van der Waals surface area contributed by atoms with Crippen LogP contribution in [0.2, 0.25) is 0 Å². The molecule has 69 heavy (non-hydrogen) atoms. The fourth-order valence-corrected chi connectivity index (χ4v) is 8.39. The number of aliphatic hydroxyl groups is 1. The lowest BCUT2D eigenvalue weighted by Crippen LogP contribution is -2.45. The van der Waals surface area contributed by atoms with Gasteiger partial charge in [-0.05, 0) is 70.6 Å². The van der Waals surface area contributed by atoms with Crippen LogP contribution in [-0.2, 0) is 18.4 Å². The van der Waals surface area contributed by atoms with E-state index in [4.69, 9.17) is 9.05 Å². The van der Waals surface area contributed by atoms with E-state index in [1.165, 1.54) is 148 Å². The van der Waals surface area contributed by atoms with Gasteiger partial charge in [-0.3, -0.25) is 9.36 Å². The molecule has 0 saturated heterocycles. The molecule has 0 aliphatic heterocycles. The summed E-state index contributed by atoms with van der Waals surface area (Å²) in [6.07, 6.45) is 72.6. The van der Waals surface area contributed by atoms with Gasteiger partial charge in [0.25, 0.3) is 7.82 Å². The van der Waals surface area contributed by atoms with Crippen LogP contribution in [0.4, 0.5) is 0 Å². The highest BCUT2D eigenvalue weighted by atomic mass is 31.2. The molecule has 0 aromatic carbocycles. The number of amides is 1. The largest absolute Gasteiger partial charge is 0.756 e. The Balaban J connectivity index is 4.28. The molecule has 0 aliphatic carbocycles. The van der Waals surface area contributed by atoms with Gasteiger partial charge in [-0.25, -0.2) is 0 Å². The number of quaternary nitrogens is 1. The number of phosphoric acid groups is 1. The molecule has 0 aromatic heterocycles. The summed E-state index contributed by atoms with van der Waals surface area (Å²) < 4.78 is 23.2. The van der Waals surface area contributed by atoms with Crippen LogP contribution in [0, 0.1) is 0 Å². The quantitative estimate of drug-likeness (QED) is 0.0272. The summed E-state index contributed by atoms with van der Waals surface area (Å²) in [5.74, 6) is -0.341. The molecule has 0 spiro atoms. The number of aliphatic hydroxyl groups excluding tert-OH is 1. The van der Waals surface area contributed by atoms with Crippen molar-refractivity contribution in [2.45, 2.75) is 238 Å². The van der Waals surface area contributed by atoms with Gasteiger partial charge in [-0.2, -0.15) is 0 Å². The molecule has 0 rings (SSSR count). The van der Waals surface area contributed by atoms with Gasteiger partial charge in [0.05, 0.1) is 39.9 Å². The highest BCUT2D eigenvalue weighted by molar-refractivity contribution is 7.45. The van der Waals surface area contributed by atoms with Gasteiger partial charge in [0, 0.05) is 6.42 Å². The summed E-state index contributed by atoms with van der Waals surface area (Å²) in [4.78, 5) is 25.3. The van der Waals surface area contributed by atoms with Crippen molar-refractivity contribution in [2.24, 2.45) is 0 Å². The maximum Gasteiger partial charge on any atom is 0.268 e. The normalized spacial score (nSPS) is 14.7. The fourth-order valence-electron chi connectivity index (χ4n) is 7.66. The third-order valence-corrected chi connectivity index (χ3v) is 13.0. The number of rotatable bonds is 50. The molecule has 9 heteroatoms. The molecule has 3 atom stereocenters. The minimum Gasteiger partial charge on any atom is -0.756 e. The summed E-state index contributed by atoms with van der Waals surface area (Å²) in [5, 5.41) is 13.7. The minimum atomic E-state index is -4.64. The number of unbranched alkanes of at least 4 members (excludes halogenated alkanes) is 24. The van der Waals surface area contributed by atoms with Crippen LogP contribution < -0.4 is 10.2 Å². The number of carbonyl (C=O) groups is 1. The molecule has 1 amide bonds. The summed E-state index contributed by atoms with van der Waals surface area (Å²) in [6.45, 7) is 4.43. The van der Waals surface area contributed by atoms with E-state index >= 15 is 0 Å². The van der Waals surface area contributed by atoms with E-state index < -0.39 is 26.6 Å². The standard InChI is InChI=1S/C60H107N2O6P/c1-6-8-10-12-14-16-18-20-22-23-24-25-26-27-28-29-30-31-32-33-34-35-36-37-38-40-41-43-45-47-49-51-53-59(63)58(57-68-69(65,66)67-56-55-62(3,4)5)61-60(64)54-52-50-48-46-44-42-39-21-19-17-15-13-11-9-7-2/h9,11,15,17,21,37-39,43-46,50-53,58-59,63H,6-8,10,12-14,16,18-20,22-36,40-42,47-49,54-57H2,1-5H3,(H-,61,64,65,66)/b11-9-,17-15-,38-37+,39-21-,45-43+,46-44-,52-50-,53-51+. The number of hydrogen-bond acceptors (Lipinski definition) is 6. The molecule has 0 heterocycles. The van der Waals surface area contributed by atoms with E-state index in [1.54, 1.807) is 12.2 Å². The van der Waals surface area contributed by atoms with E-state index in [9.17, 15) is 19.4 Å². The highest BCUT2D eigenvalue weighted by Crippen LogP contribution is 2.38. The molecular weight excluding hydrogens is 876 g/mol. The molecule has 2 N–H and O–H groups in total. The molecule has 0 fully saturated rings. The maximum absolute atomic E-state index is 12.8. The second-order valence-electron chi connectivity index (χ2n) is 19.9. The summed E-state index contributed by atoms with van der Waals surface area (Å²) in [7, 11) is 1.17. The third-order valence-electron chi connectivity index (χ3n) is 12.0. The van der Waals surface area contributed by atoms with Gasteiger partial charge in [0.15, 0.2) is 0 Å². The van der Waals surface area contributed by atoms with E-state index in [-0.39, 0.29) is 18.9 Å². The van der Waals surface area contributed by atoms with Crippen molar-refractivity contribution in [1.82, 2.24) is 5.32 Å². The van der Waals surface area contributed by atoms with Crippen LogP contribution in [0.15, 0.2) is 97.2 Å². The molecule has 0 aromatic rings. The van der Waals surface area contributed by atoms with E-state index in [1.807, 2.05) is 33.3 Å². The molecule has 0 bridgehead atoms. The molecule has 0 radical (unpaired) electrons. The van der Waals surface area contributed by atoms with E-state index in [2.05, 4.69) is 92.1 Å². The number of hydrogen-bond donors (Lipinski definition) is 2. The van der Waals surface area contributed by atoms with Crippen LogP contribution in [0.1, 0.15) is 226 Å². The zero-order valence-electron chi connectivity index (χ0n) is 45.2. The molecule has 8 nitrogen and oxygen atoms in total. The summed E-state index contributed by atoms with van der Waals surface area (Å²) >= 11 is 0. The topological polar surface area (TPSA) is 108 Å². The molecule has 398 valence electrons. The average molecular weight is 983 g/mol. The van der Waals surface area contributed by atoms with Crippen molar-refractivity contribution < 1.29 is 32.9 Å². The van der Waals surface area contributed by atoms with Gasteiger partial charge < -0.3 is 28.8 Å². The first-order valence-corrected chi connectivity index (χ1v) is 29.6. The van der Waals surface area contributed by atoms with Crippen LogP contribution >= 0.6 is 7.82 Å². The molecule has 3 unspecified atom stereocenters. The average Bonchev–Trinajstić information content (AvgIpc) is 3.31. The summed E-state index contributed by atoms with van der Waals surface area (Å²) in [5.41, 5.74) is 0. The minimum absolute atomic E-state index is 0.0304. The number of nitrogens with one attached hydrogen (secondary N) is 1. The fraction of sp³-hybridized carbons (Fsp3) is 0.717. The second kappa shape index (κ2) is 50.4.